The molecule has 0 fully saturated rings. The van der Waals surface area contributed by atoms with Gasteiger partial charge in [-0.1, -0.05) is 29.8 Å². The number of para-hydroxylation sites is 1. The van der Waals surface area contributed by atoms with E-state index in [1.807, 2.05) is 0 Å². The third-order valence-electron chi connectivity index (χ3n) is 4.97. The molecule has 0 N–H and O–H groups in total. The molecule has 4 aromatic rings. The third-order valence-corrected chi connectivity index (χ3v) is 5.28. The van der Waals surface area contributed by atoms with Gasteiger partial charge in [0.1, 0.15) is 34.1 Å². The monoisotopic (exact) mass is 520 g/mol. The van der Waals surface area contributed by atoms with Crippen molar-refractivity contribution < 1.29 is 41.3 Å². The Labute approximate surface area is 206 Å². The van der Waals surface area contributed by atoms with Crippen molar-refractivity contribution in [3.05, 3.63) is 87.2 Å². The van der Waals surface area contributed by atoms with Crippen molar-refractivity contribution in [1.29, 1.82) is 0 Å². The van der Waals surface area contributed by atoms with Crippen molar-refractivity contribution in [3.8, 4) is 28.7 Å². The zero-order valence-electron chi connectivity index (χ0n) is 18.6. The van der Waals surface area contributed by atoms with Gasteiger partial charge in [-0.05, 0) is 36.4 Å². The highest BCUT2D eigenvalue weighted by Crippen LogP contribution is 2.40. The van der Waals surface area contributed by atoms with Crippen molar-refractivity contribution in [3.63, 3.8) is 0 Å². The summed E-state index contributed by atoms with van der Waals surface area (Å²) in [5, 5.41) is -0.237. The van der Waals surface area contributed by atoms with E-state index in [0.717, 1.165) is 12.1 Å². The standard InChI is InChI=1S/C25H16ClF3O7/c1-32-17-8-5-9-18(33-2)20(17)24(31)34-13-10-11-14-19(12-13)36-23(25(27,28)29)22(21(14)30)35-16-7-4-3-6-15(16)26/h3-12H,1-2H3. The molecule has 0 bridgehead atoms. The van der Waals surface area contributed by atoms with E-state index in [2.05, 4.69) is 0 Å². The first-order valence-electron chi connectivity index (χ1n) is 10.2. The minimum atomic E-state index is -5.08. The first-order chi connectivity index (χ1) is 17.1. The molecule has 0 amide bonds. The number of esters is 1. The van der Waals surface area contributed by atoms with Crippen LogP contribution in [-0.2, 0) is 6.18 Å². The Morgan fingerprint density at radius 1 is 0.917 bits per heavy atom. The van der Waals surface area contributed by atoms with Crippen molar-refractivity contribution in [1.82, 2.24) is 0 Å². The molecule has 0 aliphatic rings. The number of hydrogen-bond donors (Lipinski definition) is 0. The molecule has 0 aliphatic carbocycles. The van der Waals surface area contributed by atoms with E-state index in [0.29, 0.717) is 0 Å². The summed E-state index contributed by atoms with van der Waals surface area (Å²) in [6.45, 7) is 0. The maximum absolute atomic E-state index is 13.8. The SMILES string of the molecule is COc1cccc(OC)c1C(=O)Oc1ccc2c(=O)c(Oc3ccccc3Cl)c(C(F)(F)F)oc2c1. The number of halogens is 4. The summed E-state index contributed by atoms with van der Waals surface area (Å²) < 4.78 is 67.3. The maximum Gasteiger partial charge on any atom is 0.453 e. The van der Waals surface area contributed by atoms with Gasteiger partial charge in [-0.15, -0.1) is 0 Å². The van der Waals surface area contributed by atoms with Crippen LogP contribution in [0.4, 0.5) is 13.2 Å². The van der Waals surface area contributed by atoms with Gasteiger partial charge in [-0.25, -0.2) is 4.79 Å². The summed E-state index contributed by atoms with van der Waals surface area (Å²) in [5.74, 6) is -3.67. The predicted octanol–water partition coefficient (Wildman–Crippen LogP) is 6.49. The van der Waals surface area contributed by atoms with Gasteiger partial charge in [0.25, 0.3) is 5.76 Å². The first-order valence-corrected chi connectivity index (χ1v) is 10.6. The van der Waals surface area contributed by atoms with Crippen LogP contribution in [0.15, 0.2) is 69.9 Å². The number of methoxy groups -OCH3 is 2. The molecular formula is C25H16ClF3O7. The van der Waals surface area contributed by atoms with Crippen LogP contribution in [0.1, 0.15) is 16.1 Å². The Morgan fingerprint density at radius 3 is 2.17 bits per heavy atom. The van der Waals surface area contributed by atoms with Crippen molar-refractivity contribution >= 4 is 28.5 Å². The lowest BCUT2D eigenvalue weighted by atomic mass is 10.1. The van der Waals surface area contributed by atoms with E-state index in [1.54, 1.807) is 12.1 Å². The molecule has 7 nitrogen and oxygen atoms in total. The average molecular weight is 521 g/mol. The second-order valence-corrected chi connectivity index (χ2v) is 7.61. The van der Waals surface area contributed by atoms with Crippen molar-refractivity contribution in [2.75, 3.05) is 14.2 Å². The molecule has 3 aromatic carbocycles. The first kappa shape index (κ1) is 24.9. The maximum atomic E-state index is 13.8. The van der Waals surface area contributed by atoms with Gasteiger partial charge >= 0.3 is 12.1 Å². The van der Waals surface area contributed by atoms with Crippen LogP contribution >= 0.6 is 11.6 Å². The largest absolute Gasteiger partial charge is 0.496 e. The van der Waals surface area contributed by atoms with Crippen LogP contribution in [-0.4, -0.2) is 20.2 Å². The molecule has 0 saturated carbocycles. The van der Waals surface area contributed by atoms with Crippen LogP contribution in [0.25, 0.3) is 11.0 Å². The fraction of sp³-hybridized carbons (Fsp3) is 0.120. The Morgan fingerprint density at radius 2 is 1.56 bits per heavy atom. The van der Waals surface area contributed by atoms with Gasteiger partial charge in [0.05, 0.1) is 24.6 Å². The number of hydrogen-bond acceptors (Lipinski definition) is 7. The normalized spacial score (nSPS) is 11.3. The van der Waals surface area contributed by atoms with Gasteiger partial charge in [-0.2, -0.15) is 13.2 Å². The summed E-state index contributed by atoms with van der Waals surface area (Å²) in [6.07, 6.45) is -5.08. The van der Waals surface area contributed by atoms with Gasteiger partial charge in [0.15, 0.2) is 0 Å². The minimum absolute atomic E-state index is 0.000787. The molecule has 0 aliphatic heterocycles. The number of alkyl halides is 3. The average Bonchev–Trinajstić information content (AvgIpc) is 2.85. The highest BCUT2D eigenvalue weighted by molar-refractivity contribution is 6.32. The second-order valence-electron chi connectivity index (χ2n) is 7.20. The van der Waals surface area contributed by atoms with E-state index < -0.39 is 34.7 Å². The molecule has 1 heterocycles. The highest BCUT2D eigenvalue weighted by Gasteiger charge is 2.40. The van der Waals surface area contributed by atoms with E-state index in [1.165, 1.54) is 50.6 Å². The number of rotatable bonds is 6. The smallest absolute Gasteiger partial charge is 0.453 e. The lowest BCUT2D eigenvalue weighted by Crippen LogP contribution is -2.16. The second kappa shape index (κ2) is 9.82. The van der Waals surface area contributed by atoms with Gasteiger partial charge in [0, 0.05) is 6.07 Å². The van der Waals surface area contributed by atoms with Crippen LogP contribution in [0.2, 0.25) is 5.02 Å². The molecule has 0 unspecified atom stereocenters. The Balaban J connectivity index is 1.78. The Bertz CT molecular complexity index is 1490. The molecule has 0 saturated heterocycles. The summed E-state index contributed by atoms with van der Waals surface area (Å²) >= 11 is 5.97. The fourth-order valence-corrected chi connectivity index (χ4v) is 3.52. The fourth-order valence-electron chi connectivity index (χ4n) is 3.35. The molecule has 1 aromatic heterocycles. The molecule has 0 radical (unpaired) electrons. The Hall–Kier alpha value is -4.18. The van der Waals surface area contributed by atoms with Crippen LogP contribution in [0, 0.1) is 0 Å². The van der Waals surface area contributed by atoms with Crippen LogP contribution < -0.4 is 24.4 Å². The van der Waals surface area contributed by atoms with E-state index in [9.17, 15) is 22.8 Å². The van der Waals surface area contributed by atoms with Gasteiger partial charge in [-0.3, -0.25) is 4.79 Å². The number of ether oxygens (including phenoxy) is 4. The van der Waals surface area contributed by atoms with Gasteiger partial charge < -0.3 is 23.4 Å². The number of carbonyl (C=O) groups is 1. The zero-order chi connectivity index (χ0) is 26.0. The highest BCUT2D eigenvalue weighted by atomic mass is 35.5. The number of fused-ring (bicyclic) bond motifs is 1. The minimum Gasteiger partial charge on any atom is -0.496 e. The lowest BCUT2D eigenvalue weighted by Gasteiger charge is -2.14. The predicted molar refractivity (Wildman–Crippen MR) is 124 cm³/mol. The summed E-state index contributed by atoms with van der Waals surface area (Å²) in [5.41, 5.74) is -1.60. The molecule has 36 heavy (non-hydrogen) atoms. The van der Waals surface area contributed by atoms with Crippen LogP contribution in [0.5, 0.6) is 28.7 Å². The Kier molecular flexibility index (Phi) is 6.80. The quantitative estimate of drug-likeness (QED) is 0.212. The molecule has 186 valence electrons. The van der Waals surface area contributed by atoms with Crippen molar-refractivity contribution in [2.45, 2.75) is 6.18 Å². The number of benzene rings is 3. The molecular weight excluding hydrogens is 505 g/mol. The summed E-state index contributed by atoms with van der Waals surface area (Å²) in [6, 6.07) is 13.7. The zero-order valence-corrected chi connectivity index (χ0v) is 19.4. The molecule has 4 rings (SSSR count). The third kappa shape index (κ3) is 4.80. The summed E-state index contributed by atoms with van der Waals surface area (Å²) in [7, 11) is 2.69. The van der Waals surface area contributed by atoms with E-state index >= 15 is 0 Å². The summed E-state index contributed by atoms with van der Waals surface area (Å²) in [4.78, 5) is 25.8. The molecule has 0 spiro atoms. The van der Waals surface area contributed by atoms with E-state index in [-0.39, 0.29) is 39.0 Å². The number of carbonyl (C=O) groups excluding carboxylic acids is 1. The topological polar surface area (TPSA) is 84.2 Å². The molecule has 0 atom stereocenters. The van der Waals surface area contributed by atoms with Gasteiger partial charge in [0.2, 0.25) is 11.2 Å². The van der Waals surface area contributed by atoms with Crippen LogP contribution in [0.3, 0.4) is 0 Å². The van der Waals surface area contributed by atoms with Crippen molar-refractivity contribution in [2.24, 2.45) is 0 Å². The molecule has 11 heteroatoms. The lowest BCUT2D eigenvalue weighted by molar-refractivity contribution is -0.154. The van der Waals surface area contributed by atoms with E-state index in [4.69, 9.17) is 35.0 Å².